The molecule has 0 aromatic heterocycles. The molecular formula is C16H23NO4. The predicted molar refractivity (Wildman–Crippen MR) is 80.6 cm³/mol. The Morgan fingerprint density at radius 1 is 1.33 bits per heavy atom. The number of hydrogen-bond donors (Lipinski definition) is 2. The zero-order valence-corrected chi connectivity index (χ0v) is 12.8. The van der Waals surface area contributed by atoms with Crippen LogP contribution in [0, 0.1) is 5.41 Å². The molecule has 0 saturated heterocycles. The summed E-state index contributed by atoms with van der Waals surface area (Å²) < 4.78 is 5.48. The molecule has 1 aromatic rings. The molecule has 0 aliphatic carbocycles. The predicted octanol–water partition coefficient (Wildman–Crippen LogP) is 2.71. The molecule has 1 rings (SSSR count). The minimum Gasteiger partial charge on any atom is -0.494 e. The number of nitrogens with one attached hydrogen (secondary N) is 1. The number of benzene rings is 1. The van der Waals surface area contributed by atoms with Crippen LogP contribution < -0.4 is 10.1 Å². The fourth-order valence-corrected chi connectivity index (χ4v) is 1.64. The number of carbonyl (C=O) groups excluding carboxylic acids is 1. The van der Waals surface area contributed by atoms with Crippen molar-refractivity contribution in [3.05, 3.63) is 29.8 Å². The first-order valence-electron chi connectivity index (χ1n) is 7.11. The van der Waals surface area contributed by atoms with Gasteiger partial charge in [0.2, 0.25) is 0 Å². The third-order valence-electron chi connectivity index (χ3n) is 3.18. The lowest BCUT2D eigenvalue weighted by molar-refractivity contribution is -0.147. The average Bonchev–Trinajstić information content (AvgIpc) is 2.45. The second-order valence-electron chi connectivity index (χ2n) is 5.57. The number of rotatable bonds is 8. The lowest BCUT2D eigenvalue weighted by atomic mass is 9.90. The van der Waals surface area contributed by atoms with Crippen LogP contribution >= 0.6 is 0 Å². The van der Waals surface area contributed by atoms with E-state index in [4.69, 9.17) is 9.84 Å². The highest BCUT2D eigenvalue weighted by atomic mass is 16.5. The van der Waals surface area contributed by atoms with Gasteiger partial charge in [-0.15, -0.1) is 0 Å². The molecule has 116 valence electrons. The fourth-order valence-electron chi connectivity index (χ4n) is 1.64. The van der Waals surface area contributed by atoms with Crippen molar-refractivity contribution >= 4 is 11.9 Å². The van der Waals surface area contributed by atoms with Crippen LogP contribution in [0.5, 0.6) is 5.75 Å². The van der Waals surface area contributed by atoms with E-state index < -0.39 is 11.4 Å². The zero-order valence-electron chi connectivity index (χ0n) is 12.8. The third kappa shape index (κ3) is 5.45. The maximum atomic E-state index is 12.0. The van der Waals surface area contributed by atoms with Crippen LogP contribution in [-0.4, -0.2) is 30.1 Å². The Labute approximate surface area is 125 Å². The van der Waals surface area contributed by atoms with Gasteiger partial charge in [0.25, 0.3) is 5.91 Å². The van der Waals surface area contributed by atoms with Gasteiger partial charge in [0.1, 0.15) is 5.75 Å². The minimum absolute atomic E-state index is 0.224. The lowest BCUT2D eigenvalue weighted by Gasteiger charge is -2.18. The van der Waals surface area contributed by atoms with Crippen LogP contribution in [0.3, 0.4) is 0 Å². The van der Waals surface area contributed by atoms with E-state index >= 15 is 0 Å². The van der Waals surface area contributed by atoms with Crippen LogP contribution in [0.2, 0.25) is 0 Å². The molecule has 5 heteroatoms. The van der Waals surface area contributed by atoms with Gasteiger partial charge in [-0.25, -0.2) is 0 Å². The summed E-state index contributed by atoms with van der Waals surface area (Å²) in [6, 6.07) is 6.96. The summed E-state index contributed by atoms with van der Waals surface area (Å²) in [7, 11) is 0. The van der Waals surface area contributed by atoms with Crippen molar-refractivity contribution in [2.75, 3.05) is 13.2 Å². The van der Waals surface area contributed by atoms with Gasteiger partial charge in [0, 0.05) is 12.1 Å². The summed E-state index contributed by atoms with van der Waals surface area (Å²) in [6.07, 6.45) is 1.28. The van der Waals surface area contributed by atoms with Crippen molar-refractivity contribution in [2.45, 2.75) is 33.6 Å². The standard InChI is InChI=1S/C16H23NO4/c1-4-10-21-13-7-5-6-12(11-13)14(18)17-9-8-16(2,3)15(19)20/h5-7,11H,4,8-10H2,1-3H3,(H,17,18)(H,19,20). The Morgan fingerprint density at radius 3 is 2.67 bits per heavy atom. The second kappa shape index (κ2) is 7.67. The highest BCUT2D eigenvalue weighted by molar-refractivity contribution is 5.94. The maximum Gasteiger partial charge on any atom is 0.309 e. The molecule has 2 N–H and O–H groups in total. The van der Waals surface area contributed by atoms with E-state index in [-0.39, 0.29) is 5.91 Å². The van der Waals surface area contributed by atoms with E-state index in [1.807, 2.05) is 6.92 Å². The van der Waals surface area contributed by atoms with Crippen molar-refractivity contribution in [1.82, 2.24) is 5.32 Å². The van der Waals surface area contributed by atoms with Crippen LogP contribution in [0.1, 0.15) is 44.0 Å². The largest absolute Gasteiger partial charge is 0.494 e. The number of carbonyl (C=O) groups is 2. The minimum atomic E-state index is -0.869. The summed E-state index contributed by atoms with van der Waals surface area (Å²) in [5.41, 5.74) is -0.337. The van der Waals surface area contributed by atoms with E-state index in [0.717, 1.165) is 6.42 Å². The summed E-state index contributed by atoms with van der Waals surface area (Å²) in [6.45, 7) is 6.22. The van der Waals surface area contributed by atoms with E-state index in [9.17, 15) is 9.59 Å². The molecule has 0 bridgehead atoms. The zero-order chi connectivity index (χ0) is 15.9. The molecule has 0 fully saturated rings. The molecule has 21 heavy (non-hydrogen) atoms. The van der Waals surface area contributed by atoms with E-state index in [2.05, 4.69) is 5.32 Å². The molecule has 1 aromatic carbocycles. The molecule has 0 heterocycles. The molecule has 0 spiro atoms. The van der Waals surface area contributed by atoms with Gasteiger partial charge < -0.3 is 15.2 Å². The quantitative estimate of drug-likeness (QED) is 0.772. The average molecular weight is 293 g/mol. The van der Waals surface area contributed by atoms with Crippen molar-refractivity contribution in [2.24, 2.45) is 5.41 Å². The number of hydrogen-bond acceptors (Lipinski definition) is 3. The first-order valence-corrected chi connectivity index (χ1v) is 7.11. The highest BCUT2D eigenvalue weighted by Crippen LogP contribution is 2.19. The monoisotopic (exact) mass is 293 g/mol. The SMILES string of the molecule is CCCOc1cccc(C(=O)NCCC(C)(C)C(=O)O)c1. The molecule has 0 radical (unpaired) electrons. The van der Waals surface area contributed by atoms with Crippen molar-refractivity contribution in [3.63, 3.8) is 0 Å². The van der Waals surface area contributed by atoms with Crippen LogP contribution in [0.4, 0.5) is 0 Å². The van der Waals surface area contributed by atoms with Crippen LogP contribution in [0.15, 0.2) is 24.3 Å². The van der Waals surface area contributed by atoms with Gasteiger partial charge in [-0.2, -0.15) is 0 Å². The van der Waals surface area contributed by atoms with E-state index in [0.29, 0.717) is 30.9 Å². The van der Waals surface area contributed by atoms with Crippen molar-refractivity contribution in [3.8, 4) is 5.75 Å². The summed E-state index contributed by atoms with van der Waals surface area (Å²) in [5.74, 6) is -0.430. The normalized spacial score (nSPS) is 11.0. The number of carboxylic acid groups (broad SMARTS) is 1. The van der Waals surface area contributed by atoms with Gasteiger partial charge in [-0.3, -0.25) is 9.59 Å². The first kappa shape index (κ1) is 17.0. The number of amides is 1. The van der Waals surface area contributed by atoms with E-state index in [1.54, 1.807) is 38.1 Å². The van der Waals surface area contributed by atoms with Gasteiger partial charge in [-0.05, 0) is 44.9 Å². The van der Waals surface area contributed by atoms with Crippen LogP contribution in [-0.2, 0) is 4.79 Å². The summed E-state index contributed by atoms with van der Waals surface area (Å²) in [4.78, 5) is 23.0. The number of ether oxygens (including phenoxy) is 1. The molecule has 0 saturated carbocycles. The maximum absolute atomic E-state index is 12.0. The smallest absolute Gasteiger partial charge is 0.309 e. The first-order chi connectivity index (χ1) is 9.86. The summed E-state index contributed by atoms with van der Waals surface area (Å²) in [5, 5.41) is 11.7. The Kier molecular flexibility index (Phi) is 6.21. The summed E-state index contributed by atoms with van der Waals surface area (Å²) >= 11 is 0. The Balaban J connectivity index is 2.54. The fraction of sp³-hybridized carbons (Fsp3) is 0.500. The molecule has 1 amide bonds. The lowest BCUT2D eigenvalue weighted by Crippen LogP contribution is -2.31. The van der Waals surface area contributed by atoms with Crippen LogP contribution in [0.25, 0.3) is 0 Å². The Hall–Kier alpha value is -2.04. The molecule has 5 nitrogen and oxygen atoms in total. The van der Waals surface area contributed by atoms with Gasteiger partial charge in [-0.1, -0.05) is 13.0 Å². The number of carboxylic acids is 1. The van der Waals surface area contributed by atoms with Gasteiger partial charge in [0.15, 0.2) is 0 Å². The Morgan fingerprint density at radius 2 is 2.05 bits per heavy atom. The van der Waals surface area contributed by atoms with Crippen molar-refractivity contribution in [1.29, 1.82) is 0 Å². The molecular weight excluding hydrogens is 270 g/mol. The molecule has 0 aliphatic heterocycles. The van der Waals surface area contributed by atoms with E-state index in [1.165, 1.54) is 0 Å². The third-order valence-corrected chi connectivity index (χ3v) is 3.18. The molecule has 0 atom stereocenters. The Bertz CT molecular complexity index is 497. The van der Waals surface area contributed by atoms with Crippen molar-refractivity contribution < 1.29 is 19.4 Å². The second-order valence-corrected chi connectivity index (χ2v) is 5.57. The topological polar surface area (TPSA) is 75.6 Å². The number of aliphatic carboxylic acids is 1. The molecule has 0 unspecified atom stereocenters. The van der Waals surface area contributed by atoms with Gasteiger partial charge >= 0.3 is 5.97 Å². The van der Waals surface area contributed by atoms with Gasteiger partial charge in [0.05, 0.1) is 12.0 Å². The highest BCUT2D eigenvalue weighted by Gasteiger charge is 2.26. The molecule has 0 aliphatic rings.